The molecule has 1 amide bonds. The van der Waals surface area contributed by atoms with Crippen LogP contribution in [0.5, 0.6) is 0 Å². The number of rotatable bonds is 5. The third-order valence-corrected chi connectivity index (χ3v) is 3.56. The van der Waals surface area contributed by atoms with Crippen molar-refractivity contribution < 1.29 is 9.90 Å². The molecule has 4 nitrogen and oxygen atoms in total. The molecule has 0 unspecified atom stereocenters. The third kappa shape index (κ3) is 5.03. The van der Waals surface area contributed by atoms with E-state index >= 15 is 0 Å². The average molecular weight is 300 g/mol. The summed E-state index contributed by atoms with van der Waals surface area (Å²) in [5, 5.41) is 14.5. The number of nitrogens with zero attached hydrogens (tertiary/aromatic N) is 1. The largest absolute Gasteiger partial charge is 0.395 e. The average Bonchev–Trinajstić information content (AvgIpc) is 3.01. The number of aromatic nitrogens is 1. The van der Waals surface area contributed by atoms with Gasteiger partial charge >= 0.3 is 0 Å². The molecule has 0 fully saturated rings. The van der Waals surface area contributed by atoms with Crippen molar-refractivity contribution in [1.29, 1.82) is 0 Å². The third-order valence-electron chi connectivity index (χ3n) is 2.72. The summed E-state index contributed by atoms with van der Waals surface area (Å²) in [5.41, 5.74) is 1.45. The van der Waals surface area contributed by atoms with Crippen LogP contribution < -0.4 is 5.32 Å². The maximum atomic E-state index is 11.9. The summed E-state index contributed by atoms with van der Waals surface area (Å²) >= 11 is 1.59. The first-order valence-electron chi connectivity index (χ1n) is 6.66. The highest BCUT2D eigenvalue weighted by Gasteiger charge is 2.04. The number of hydrogen-bond acceptors (Lipinski definition) is 4. The zero-order valence-corrected chi connectivity index (χ0v) is 12.3. The van der Waals surface area contributed by atoms with Gasteiger partial charge in [0.1, 0.15) is 0 Å². The smallest absolute Gasteiger partial charge is 0.251 e. The molecule has 0 saturated carbocycles. The van der Waals surface area contributed by atoms with Gasteiger partial charge in [0, 0.05) is 42.1 Å². The number of benzene rings is 1. The van der Waals surface area contributed by atoms with Gasteiger partial charge in [-0.2, -0.15) is 0 Å². The Balaban J connectivity index is 1.83. The Labute approximate surface area is 127 Å². The molecule has 0 radical (unpaired) electrons. The van der Waals surface area contributed by atoms with Crippen LogP contribution in [0.1, 0.15) is 27.3 Å². The minimum absolute atomic E-state index is 0.0621. The van der Waals surface area contributed by atoms with E-state index in [1.54, 1.807) is 41.8 Å². The summed E-state index contributed by atoms with van der Waals surface area (Å²) in [6.07, 6.45) is 2.96. The van der Waals surface area contributed by atoms with Crippen molar-refractivity contribution in [1.82, 2.24) is 10.3 Å². The van der Waals surface area contributed by atoms with Crippen LogP contribution in [0.25, 0.3) is 0 Å². The molecular formula is C16H16N2O2S. The summed E-state index contributed by atoms with van der Waals surface area (Å²) < 4.78 is 0. The first-order chi connectivity index (χ1) is 10.3. The van der Waals surface area contributed by atoms with Crippen LogP contribution in [-0.2, 0) is 6.42 Å². The molecule has 0 aliphatic rings. The summed E-state index contributed by atoms with van der Waals surface area (Å²) in [5.74, 6) is 5.67. The Hall–Kier alpha value is -2.16. The highest BCUT2D eigenvalue weighted by molar-refractivity contribution is 7.09. The van der Waals surface area contributed by atoms with Crippen molar-refractivity contribution in [3.63, 3.8) is 0 Å². The first kappa shape index (κ1) is 15.2. The van der Waals surface area contributed by atoms with Crippen LogP contribution in [0.15, 0.2) is 35.8 Å². The molecule has 0 spiro atoms. The standard InChI is InChI=1S/C16H16N2O2S/c19-11-2-1-3-13-4-6-14(7-5-13)16(20)18-9-8-15-17-10-12-21-15/h4-7,10,12,19H,2,8-9,11H2,(H,18,20). The van der Waals surface area contributed by atoms with E-state index in [0.717, 1.165) is 17.0 Å². The van der Waals surface area contributed by atoms with Crippen molar-refractivity contribution in [2.45, 2.75) is 12.8 Å². The van der Waals surface area contributed by atoms with Crippen molar-refractivity contribution in [3.05, 3.63) is 52.0 Å². The Morgan fingerprint density at radius 1 is 1.33 bits per heavy atom. The van der Waals surface area contributed by atoms with E-state index in [4.69, 9.17) is 5.11 Å². The number of carbonyl (C=O) groups excluding carboxylic acids is 1. The van der Waals surface area contributed by atoms with Crippen LogP contribution in [0.4, 0.5) is 0 Å². The van der Waals surface area contributed by atoms with Gasteiger partial charge in [-0.25, -0.2) is 4.98 Å². The second kappa shape index (κ2) is 8.20. The van der Waals surface area contributed by atoms with Crippen molar-refractivity contribution in [3.8, 4) is 11.8 Å². The fraction of sp³-hybridized carbons (Fsp3) is 0.250. The molecule has 1 heterocycles. The maximum Gasteiger partial charge on any atom is 0.251 e. The molecule has 0 atom stereocenters. The van der Waals surface area contributed by atoms with E-state index in [9.17, 15) is 4.79 Å². The lowest BCUT2D eigenvalue weighted by molar-refractivity contribution is 0.0954. The number of nitrogens with one attached hydrogen (secondary N) is 1. The van der Waals surface area contributed by atoms with Crippen molar-refractivity contribution >= 4 is 17.2 Å². The zero-order valence-electron chi connectivity index (χ0n) is 11.5. The molecule has 2 aromatic rings. The Kier molecular flexibility index (Phi) is 5.95. The minimum atomic E-state index is -0.0959. The van der Waals surface area contributed by atoms with Crippen molar-refractivity contribution in [2.24, 2.45) is 0 Å². The van der Waals surface area contributed by atoms with Crippen molar-refractivity contribution in [2.75, 3.05) is 13.2 Å². The van der Waals surface area contributed by atoms with Gasteiger partial charge in [-0.1, -0.05) is 11.8 Å². The monoisotopic (exact) mass is 300 g/mol. The van der Waals surface area contributed by atoms with Gasteiger partial charge in [0.25, 0.3) is 5.91 Å². The molecule has 5 heteroatoms. The van der Waals surface area contributed by atoms with Gasteiger partial charge in [0.15, 0.2) is 0 Å². The Morgan fingerprint density at radius 2 is 2.14 bits per heavy atom. The molecule has 0 bridgehead atoms. The van der Waals surface area contributed by atoms with E-state index in [-0.39, 0.29) is 12.5 Å². The highest BCUT2D eigenvalue weighted by Crippen LogP contribution is 2.05. The van der Waals surface area contributed by atoms with Gasteiger partial charge in [-0.3, -0.25) is 4.79 Å². The second-order valence-electron chi connectivity index (χ2n) is 4.28. The van der Waals surface area contributed by atoms with E-state index in [0.29, 0.717) is 18.5 Å². The summed E-state index contributed by atoms with van der Waals surface area (Å²) in [6.45, 7) is 0.636. The number of amides is 1. The summed E-state index contributed by atoms with van der Waals surface area (Å²) in [7, 11) is 0. The molecule has 1 aromatic carbocycles. The summed E-state index contributed by atoms with van der Waals surface area (Å²) in [4.78, 5) is 16.1. The molecule has 21 heavy (non-hydrogen) atoms. The molecule has 0 saturated heterocycles. The highest BCUT2D eigenvalue weighted by atomic mass is 32.1. The molecule has 108 valence electrons. The predicted octanol–water partition coefficient (Wildman–Crippen LogP) is 1.85. The van der Waals surface area contributed by atoms with E-state index in [1.807, 2.05) is 5.38 Å². The van der Waals surface area contributed by atoms with Gasteiger partial charge in [-0.15, -0.1) is 11.3 Å². The quantitative estimate of drug-likeness (QED) is 0.828. The van der Waals surface area contributed by atoms with E-state index < -0.39 is 0 Å². The molecule has 0 aliphatic carbocycles. The number of thiazole rings is 1. The van der Waals surface area contributed by atoms with E-state index in [1.165, 1.54) is 0 Å². The normalized spacial score (nSPS) is 9.76. The minimum Gasteiger partial charge on any atom is -0.395 e. The fourth-order valence-electron chi connectivity index (χ4n) is 1.69. The Bertz CT molecular complexity index is 625. The molecule has 0 aliphatic heterocycles. The number of hydrogen-bond donors (Lipinski definition) is 2. The first-order valence-corrected chi connectivity index (χ1v) is 7.54. The predicted molar refractivity (Wildman–Crippen MR) is 83.2 cm³/mol. The second-order valence-corrected chi connectivity index (χ2v) is 5.26. The number of carbonyl (C=O) groups is 1. The number of aliphatic hydroxyl groups excluding tert-OH is 1. The van der Waals surface area contributed by atoms with Crippen LogP contribution in [0.3, 0.4) is 0 Å². The van der Waals surface area contributed by atoms with Crippen LogP contribution in [-0.4, -0.2) is 29.1 Å². The zero-order chi connectivity index (χ0) is 14.9. The molecule has 2 rings (SSSR count). The molecule has 2 N–H and O–H groups in total. The van der Waals surface area contributed by atoms with Crippen LogP contribution >= 0.6 is 11.3 Å². The maximum absolute atomic E-state index is 11.9. The van der Waals surface area contributed by atoms with Gasteiger partial charge in [-0.05, 0) is 24.3 Å². The Morgan fingerprint density at radius 3 is 2.81 bits per heavy atom. The topological polar surface area (TPSA) is 62.2 Å². The van der Waals surface area contributed by atoms with Crippen LogP contribution in [0, 0.1) is 11.8 Å². The lowest BCUT2D eigenvalue weighted by Gasteiger charge is -2.04. The van der Waals surface area contributed by atoms with Gasteiger partial charge in [0.05, 0.1) is 11.6 Å². The summed E-state index contributed by atoms with van der Waals surface area (Å²) in [6, 6.07) is 7.11. The number of aliphatic hydroxyl groups is 1. The lowest BCUT2D eigenvalue weighted by atomic mass is 10.1. The van der Waals surface area contributed by atoms with Gasteiger partial charge in [0.2, 0.25) is 0 Å². The van der Waals surface area contributed by atoms with Gasteiger partial charge < -0.3 is 10.4 Å². The van der Waals surface area contributed by atoms with E-state index in [2.05, 4.69) is 22.1 Å². The SMILES string of the molecule is O=C(NCCc1nccs1)c1ccc(C#CCCO)cc1. The molecular weight excluding hydrogens is 284 g/mol. The lowest BCUT2D eigenvalue weighted by Crippen LogP contribution is -2.25. The van der Waals surface area contributed by atoms with Crippen LogP contribution in [0.2, 0.25) is 0 Å². The molecule has 1 aromatic heterocycles. The fourth-order valence-corrected chi connectivity index (χ4v) is 2.31.